The molecule has 11 heteroatoms. The predicted molar refractivity (Wildman–Crippen MR) is 111 cm³/mol. The van der Waals surface area contributed by atoms with Gasteiger partial charge in [-0.2, -0.15) is 0 Å². The van der Waals surface area contributed by atoms with Crippen LogP contribution in [0, 0.1) is 12.7 Å². The molecule has 4 aromatic rings. The van der Waals surface area contributed by atoms with E-state index in [0.717, 1.165) is 15.0 Å². The quantitative estimate of drug-likeness (QED) is 0.532. The number of imidazole rings is 1. The van der Waals surface area contributed by atoms with E-state index in [1.165, 1.54) is 46.0 Å². The molecule has 1 amide bonds. The van der Waals surface area contributed by atoms with Gasteiger partial charge in [0.05, 0.1) is 12.0 Å². The largest absolute Gasteiger partial charge is 0.332 e. The molecule has 0 aliphatic rings. The molecule has 1 aromatic carbocycles. The van der Waals surface area contributed by atoms with Crippen LogP contribution in [0.4, 0.5) is 9.52 Å². The summed E-state index contributed by atoms with van der Waals surface area (Å²) < 4.78 is 16.7. The summed E-state index contributed by atoms with van der Waals surface area (Å²) in [5, 5.41) is 2.95. The van der Waals surface area contributed by atoms with Crippen molar-refractivity contribution in [3.05, 3.63) is 62.1 Å². The summed E-state index contributed by atoms with van der Waals surface area (Å²) in [5.41, 5.74) is 0.601. The first-order chi connectivity index (χ1) is 14.3. The lowest BCUT2D eigenvalue weighted by Gasteiger charge is -2.08. The lowest BCUT2D eigenvalue weighted by atomic mass is 10.1. The number of carbonyl (C=O) groups is 1. The molecule has 4 rings (SSSR count). The molecule has 0 aliphatic carbocycles. The Morgan fingerprint density at radius 2 is 1.90 bits per heavy atom. The summed E-state index contributed by atoms with van der Waals surface area (Å²) in [7, 11) is 3.13. The van der Waals surface area contributed by atoms with Gasteiger partial charge < -0.3 is 9.88 Å². The maximum atomic E-state index is 13.1. The fourth-order valence-corrected chi connectivity index (χ4v) is 4.02. The number of nitrogens with zero attached hydrogens (tertiary/aromatic N) is 5. The van der Waals surface area contributed by atoms with Gasteiger partial charge in [-0.3, -0.25) is 14.2 Å². The molecule has 0 atom stereocenters. The molecule has 0 radical (unpaired) electrons. The van der Waals surface area contributed by atoms with Crippen LogP contribution in [0.25, 0.3) is 22.4 Å². The van der Waals surface area contributed by atoms with Gasteiger partial charge in [-0.15, -0.1) is 11.3 Å². The van der Waals surface area contributed by atoms with Gasteiger partial charge in [-0.1, -0.05) is 0 Å². The summed E-state index contributed by atoms with van der Waals surface area (Å²) in [6.07, 6.45) is 1.44. The molecule has 9 nitrogen and oxygen atoms in total. The smallest absolute Gasteiger partial charge is 0.328 e. The normalized spacial score (nSPS) is 11.2. The van der Waals surface area contributed by atoms with Crippen molar-refractivity contribution in [2.24, 2.45) is 14.1 Å². The number of hydrogen-bond donors (Lipinski definition) is 1. The minimum atomic E-state index is -0.635. The third-order valence-electron chi connectivity index (χ3n) is 4.66. The average Bonchev–Trinajstić information content (AvgIpc) is 3.27. The van der Waals surface area contributed by atoms with Crippen molar-refractivity contribution in [3.8, 4) is 11.3 Å². The number of rotatable bonds is 4. The first-order valence-corrected chi connectivity index (χ1v) is 9.72. The standard InChI is InChI=1S/C19H17FN6O3S/c1-10-14(11-4-6-12(20)7-5-11)23-18(30-10)22-13(27)8-26-17(28)15-16(21-9-24(15)2)25(3)19(26)29/h4-7,9H,8H2,1-3H3,(H,22,23,27). The number of carbonyl (C=O) groups excluding carboxylic acids is 1. The summed E-state index contributed by atoms with van der Waals surface area (Å²) in [6.45, 7) is 1.37. The molecule has 30 heavy (non-hydrogen) atoms. The minimum absolute atomic E-state index is 0.230. The van der Waals surface area contributed by atoms with Gasteiger partial charge in [0, 0.05) is 24.5 Å². The molecule has 0 saturated carbocycles. The van der Waals surface area contributed by atoms with Gasteiger partial charge in [-0.25, -0.2) is 23.7 Å². The fourth-order valence-electron chi connectivity index (χ4n) is 3.16. The molecular weight excluding hydrogens is 411 g/mol. The molecule has 1 N–H and O–H groups in total. The average molecular weight is 428 g/mol. The Morgan fingerprint density at radius 3 is 2.60 bits per heavy atom. The van der Waals surface area contributed by atoms with Gasteiger partial charge in [0.2, 0.25) is 5.91 Å². The summed E-state index contributed by atoms with van der Waals surface area (Å²) in [5.74, 6) is -0.910. The highest BCUT2D eigenvalue weighted by Gasteiger charge is 2.18. The summed E-state index contributed by atoms with van der Waals surface area (Å²) in [4.78, 5) is 47.0. The highest BCUT2D eigenvalue weighted by atomic mass is 32.1. The van der Waals surface area contributed by atoms with E-state index in [2.05, 4.69) is 15.3 Å². The van der Waals surface area contributed by atoms with E-state index in [0.29, 0.717) is 10.8 Å². The lowest BCUT2D eigenvalue weighted by molar-refractivity contribution is -0.116. The number of amides is 1. The Morgan fingerprint density at radius 1 is 1.20 bits per heavy atom. The van der Waals surface area contributed by atoms with Crippen molar-refractivity contribution in [1.29, 1.82) is 0 Å². The number of thiazole rings is 1. The van der Waals surface area contributed by atoms with Crippen molar-refractivity contribution in [2.75, 3.05) is 5.32 Å². The monoisotopic (exact) mass is 428 g/mol. The van der Waals surface area contributed by atoms with E-state index in [9.17, 15) is 18.8 Å². The fraction of sp³-hybridized carbons (Fsp3) is 0.211. The van der Waals surface area contributed by atoms with Crippen LogP contribution in [0.3, 0.4) is 0 Å². The number of aromatic nitrogens is 5. The Bertz CT molecular complexity index is 1400. The van der Waals surface area contributed by atoms with Crippen molar-refractivity contribution in [3.63, 3.8) is 0 Å². The molecule has 0 spiro atoms. The first-order valence-electron chi connectivity index (χ1n) is 8.90. The predicted octanol–water partition coefficient (Wildman–Crippen LogP) is 1.64. The van der Waals surface area contributed by atoms with E-state index < -0.39 is 23.7 Å². The zero-order chi connectivity index (χ0) is 21.6. The molecular formula is C19H17FN6O3S. The number of hydrogen-bond acceptors (Lipinski definition) is 6. The van der Waals surface area contributed by atoms with Gasteiger partial charge in [0.25, 0.3) is 5.56 Å². The van der Waals surface area contributed by atoms with E-state index >= 15 is 0 Å². The molecule has 0 unspecified atom stereocenters. The highest BCUT2D eigenvalue weighted by Crippen LogP contribution is 2.30. The van der Waals surface area contributed by atoms with Crippen LogP contribution in [0.1, 0.15) is 4.88 Å². The van der Waals surface area contributed by atoms with Gasteiger partial charge in [-0.05, 0) is 31.2 Å². The number of aryl methyl sites for hydroxylation is 3. The van der Waals surface area contributed by atoms with Crippen LogP contribution in [-0.2, 0) is 25.4 Å². The number of halogens is 1. The Hall–Kier alpha value is -3.60. The van der Waals surface area contributed by atoms with Crippen molar-refractivity contribution < 1.29 is 9.18 Å². The van der Waals surface area contributed by atoms with E-state index in [1.54, 1.807) is 19.2 Å². The number of nitrogens with one attached hydrogen (secondary N) is 1. The Labute approximate surface area is 173 Å². The van der Waals surface area contributed by atoms with Crippen LogP contribution in [0.5, 0.6) is 0 Å². The topological polar surface area (TPSA) is 104 Å². The Kier molecular flexibility index (Phi) is 4.82. The molecule has 0 aliphatic heterocycles. The minimum Gasteiger partial charge on any atom is -0.328 e. The van der Waals surface area contributed by atoms with Crippen LogP contribution in [0.2, 0.25) is 0 Å². The summed E-state index contributed by atoms with van der Waals surface area (Å²) >= 11 is 1.25. The van der Waals surface area contributed by atoms with Crippen LogP contribution in [0.15, 0.2) is 40.2 Å². The van der Waals surface area contributed by atoms with Gasteiger partial charge in [0.1, 0.15) is 12.4 Å². The van der Waals surface area contributed by atoms with E-state index in [4.69, 9.17) is 0 Å². The molecule has 3 heterocycles. The van der Waals surface area contributed by atoms with Crippen LogP contribution >= 0.6 is 11.3 Å². The van der Waals surface area contributed by atoms with Crippen LogP contribution < -0.4 is 16.6 Å². The van der Waals surface area contributed by atoms with E-state index in [1.807, 2.05) is 6.92 Å². The maximum Gasteiger partial charge on any atom is 0.332 e. The maximum absolute atomic E-state index is 13.1. The van der Waals surface area contributed by atoms with Crippen molar-refractivity contribution in [1.82, 2.24) is 23.7 Å². The molecule has 0 fully saturated rings. The van der Waals surface area contributed by atoms with Crippen molar-refractivity contribution in [2.45, 2.75) is 13.5 Å². The lowest BCUT2D eigenvalue weighted by Crippen LogP contribution is -2.42. The van der Waals surface area contributed by atoms with Gasteiger partial charge >= 0.3 is 5.69 Å². The second-order valence-corrected chi connectivity index (χ2v) is 7.94. The van der Waals surface area contributed by atoms with E-state index in [-0.39, 0.29) is 17.0 Å². The first kappa shape index (κ1) is 19.7. The molecule has 0 saturated heterocycles. The van der Waals surface area contributed by atoms with Gasteiger partial charge in [0.15, 0.2) is 16.3 Å². The zero-order valence-electron chi connectivity index (χ0n) is 16.3. The molecule has 154 valence electrons. The second kappa shape index (κ2) is 7.34. The third kappa shape index (κ3) is 3.32. The second-order valence-electron chi connectivity index (χ2n) is 6.74. The number of anilines is 1. The number of fused-ring (bicyclic) bond motifs is 1. The Balaban J connectivity index is 1.61. The van der Waals surface area contributed by atoms with Crippen LogP contribution in [-0.4, -0.2) is 29.6 Å². The molecule has 0 bridgehead atoms. The molecule has 3 aromatic heterocycles. The third-order valence-corrected chi connectivity index (χ3v) is 5.55. The summed E-state index contributed by atoms with van der Waals surface area (Å²) in [6, 6.07) is 5.89. The SMILES string of the molecule is Cc1sc(NC(=O)Cn2c(=O)c3c(ncn3C)n(C)c2=O)nc1-c1ccc(F)cc1. The van der Waals surface area contributed by atoms with Crippen molar-refractivity contribution >= 4 is 33.5 Å². The highest BCUT2D eigenvalue weighted by molar-refractivity contribution is 7.16. The zero-order valence-corrected chi connectivity index (χ0v) is 17.2. The number of benzene rings is 1.